The molecule has 1 N–H and O–H groups in total. The predicted octanol–water partition coefficient (Wildman–Crippen LogP) is 4.89. The van der Waals surface area contributed by atoms with Crippen LogP contribution in [0.5, 0.6) is 0 Å². The van der Waals surface area contributed by atoms with Gasteiger partial charge in [0.15, 0.2) is 0 Å². The molecule has 0 spiro atoms. The number of para-hydroxylation sites is 1. The van der Waals surface area contributed by atoms with Crippen molar-refractivity contribution in [3.63, 3.8) is 0 Å². The third kappa shape index (κ3) is 4.66. The van der Waals surface area contributed by atoms with Gasteiger partial charge in [-0.2, -0.15) is 0 Å². The van der Waals surface area contributed by atoms with E-state index in [0.29, 0.717) is 17.3 Å². The highest BCUT2D eigenvalue weighted by molar-refractivity contribution is 7.92. The Kier molecular flexibility index (Phi) is 6.03. The van der Waals surface area contributed by atoms with Crippen molar-refractivity contribution in [1.29, 1.82) is 0 Å². The van der Waals surface area contributed by atoms with E-state index in [4.69, 9.17) is 0 Å². The normalized spacial score (nSPS) is 11.3. The molecule has 0 aliphatic heterocycles. The van der Waals surface area contributed by atoms with E-state index < -0.39 is 10.0 Å². The number of benzene rings is 3. The lowest BCUT2D eigenvalue weighted by atomic mass is 10.0. The number of carbonyl (C=O) groups is 1. The Morgan fingerprint density at radius 2 is 1.55 bits per heavy atom. The third-order valence-corrected chi connectivity index (χ3v) is 6.49. The van der Waals surface area contributed by atoms with Gasteiger partial charge in [0.1, 0.15) is 0 Å². The Morgan fingerprint density at radius 3 is 2.17 bits per heavy atom. The SMILES string of the molecule is CC(C)c1ccc(NC(=O)c2cccc(S(=O)(=O)N(C)c3ccccc3)c2)cc1. The van der Waals surface area contributed by atoms with Crippen molar-refractivity contribution < 1.29 is 13.2 Å². The summed E-state index contributed by atoms with van der Waals surface area (Å²) < 4.78 is 27.1. The Bertz CT molecular complexity index is 1090. The van der Waals surface area contributed by atoms with Gasteiger partial charge < -0.3 is 5.32 Å². The zero-order valence-electron chi connectivity index (χ0n) is 16.7. The molecule has 0 bridgehead atoms. The summed E-state index contributed by atoms with van der Waals surface area (Å²) in [6.45, 7) is 4.21. The van der Waals surface area contributed by atoms with Crippen molar-refractivity contribution in [1.82, 2.24) is 0 Å². The molecule has 0 aliphatic rings. The van der Waals surface area contributed by atoms with Crippen molar-refractivity contribution in [2.24, 2.45) is 0 Å². The molecule has 29 heavy (non-hydrogen) atoms. The molecule has 3 aromatic carbocycles. The number of amides is 1. The van der Waals surface area contributed by atoms with Gasteiger partial charge in [-0.15, -0.1) is 0 Å². The highest BCUT2D eigenvalue weighted by atomic mass is 32.2. The zero-order valence-corrected chi connectivity index (χ0v) is 17.5. The lowest BCUT2D eigenvalue weighted by Gasteiger charge is -2.19. The lowest BCUT2D eigenvalue weighted by molar-refractivity contribution is 0.102. The molecule has 0 aliphatic carbocycles. The minimum atomic E-state index is -3.78. The molecule has 3 rings (SSSR count). The van der Waals surface area contributed by atoms with Gasteiger partial charge in [-0.05, 0) is 53.9 Å². The first-order valence-corrected chi connectivity index (χ1v) is 10.8. The smallest absolute Gasteiger partial charge is 0.264 e. The van der Waals surface area contributed by atoms with Crippen LogP contribution in [0.4, 0.5) is 11.4 Å². The first kappa shape index (κ1) is 20.6. The minimum absolute atomic E-state index is 0.0617. The highest BCUT2D eigenvalue weighted by Crippen LogP contribution is 2.23. The Hall–Kier alpha value is -3.12. The molecule has 0 unspecified atom stereocenters. The van der Waals surface area contributed by atoms with E-state index in [2.05, 4.69) is 19.2 Å². The molecule has 1 amide bonds. The number of nitrogens with one attached hydrogen (secondary N) is 1. The van der Waals surface area contributed by atoms with Gasteiger partial charge in [-0.1, -0.05) is 50.2 Å². The van der Waals surface area contributed by atoms with Gasteiger partial charge in [0.05, 0.1) is 10.6 Å². The second kappa shape index (κ2) is 8.49. The molecule has 0 fully saturated rings. The van der Waals surface area contributed by atoms with Gasteiger partial charge in [0.2, 0.25) is 0 Å². The van der Waals surface area contributed by atoms with E-state index >= 15 is 0 Å². The first-order valence-electron chi connectivity index (χ1n) is 9.34. The average Bonchev–Trinajstić information content (AvgIpc) is 2.74. The van der Waals surface area contributed by atoms with E-state index in [-0.39, 0.29) is 16.4 Å². The second-order valence-electron chi connectivity index (χ2n) is 7.07. The standard InChI is InChI=1S/C23H24N2O3S/c1-17(2)18-12-14-20(15-13-18)24-23(26)19-8-7-11-22(16-19)29(27,28)25(3)21-9-5-4-6-10-21/h4-17H,1-3H3,(H,24,26). The molecule has 5 nitrogen and oxygen atoms in total. The van der Waals surface area contributed by atoms with Gasteiger partial charge in [-0.3, -0.25) is 9.10 Å². The highest BCUT2D eigenvalue weighted by Gasteiger charge is 2.22. The van der Waals surface area contributed by atoms with E-state index in [1.54, 1.807) is 36.4 Å². The molecule has 6 heteroatoms. The molecular weight excluding hydrogens is 384 g/mol. The zero-order chi connectivity index (χ0) is 21.0. The molecule has 150 valence electrons. The Labute approximate surface area is 172 Å². The summed E-state index contributed by atoms with van der Waals surface area (Å²) in [7, 11) is -2.29. The van der Waals surface area contributed by atoms with Crippen LogP contribution in [0.1, 0.15) is 35.7 Å². The Balaban J connectivity index is 1.82. The summed E-state index contributed by atoms with van der Waals surface area (Å²) in [4.78, 5) is 12.7. The monoisotopic (exact) mass is 408 g/mol. The van der Waals surface area contributed by atoms with Crippen molar-refractivity contribution in [3.05, 3.63) is 90.0 Å². The summed E-state index contributed by atoms with van der Waals surface area (Å²) in [5, 5.41) is 2.82. The fourth-order valence-electron chi connectivity index (χ4n) is 2.89. The first-order chi connectivity index (χ1) is 13.8. The second-order valence-corrected chi connectivity index (χ2v) is 9.04. The van der Waals surface area contributed by atoms with Crippen LogP contribution in [0.15, 0.2) is 83.8 Å². The molecule has 0 atom stereocenters. The van der Waals surface area contributed by atoms with Crippen molar-refractivity contribution in [3.8, 4) is 0 Å². The summed E-state index contributed by atoms with van der Waals surface area (Å²) in [6.07, 6.45) is 0. The Morgan fingerprint density at radius 1 is 0.897 bits per heavy atom. The van der Waals surface area contributed by atoms with Gasteiger partial charge in [0.25, 0.3) is 15.9 Å². The molecule has 0 aromatic heterocycles. The maximum absolute atomic E-state index is 13.0. The molecule has 3 aromatic rings. The number of rotatable bonds is 6. The fourth-order valence-corrected chi connectivity index (χ4v) is 4.13. The topological polar surface area (TPSA) is 66.5 Å². The summed E-state index contributed by atoms with van der Waals surface area (Å²) >= 11 is 0. The lowest BCUT2D eigenvalue weighted by Crippen LogP contribution is -2.26. The third-order valence-electron chi connectivity index (χ3n) is 4.71. The summed E-state index contributed by atoms with van der Waals surface area (Å²) in [5.41, 5.74) is 2.67. The van der Waals surface area contributed by atoms with Crippen LogP contribution >= 0.6 is 0 Å². The van der Waals surface area contributed by atoms with Crippen LogP contribution in [-0.2, 0) is 10.0 Å². The molecule has 0 radical (unpaired) electrons. The van der Waals surface area contributed by atoms with Crippen LogP contribution in [0, 0.1) is 0 Å². The largest absolute Gasteiger partial charge is 0.322 e. The van der Waals surface area contributed by atoms with E-state index in [1.165, 1.54) is 29.0 Å². The van der Waals surface area contributed by atoms with Crippen molar-refractivity contribution in [2.75, 3.05) is 16.7 Å². The van der Waals surface area contributed by atoms with Crippen LogP contribution in [0.2, 0.25) is 0 Å². The summed E-state index contributed by atoms with van der Waals surface area (Å²) in [5.74, 6) is 0.0463. The van der Waals surface area contributed by atoms with Crippen molar-refractivity contribution in [2.45, 2.75) is 24.7 Å². The number of carbonyl (C=O) groups excluding carboxylic acids is 1. The number of hydrogen-bond acceptors (Lipinski definition) is 3. The van der Waals surface area contributed by atoms with Gasteiger partial charge in [0, 0.05) is 18.3 Å². The molecular formula is C23H24N2O3S. The van der Waals surface area contributed by atoms with Crippen LogP contribution in [0.25, 0.3) is 0 Å². The van der Waals surface area contributed by atoms with Crippen LogP contribution < -0.4 is 9.62 Å². The average molecular weight is 409 g/mol. The summed E-state index contributed by atoms with van der Waals surface area (Å²) in [6, 6.07) is 22.5. The maximum Gasteiger partial charge on any atom is 0.264 e. The molecule has 0 saturated carbocycles. The quantitative estimate of drug-likeness (QED) is 0.632. The van der Waals surface area contributed by atoms with E-state index in [0.717, 1.165) is 0 Å². The molecule has 0 heterocycles. The van der Waals surface area contributed by atoms with E-state index in [1.807, 2.05) is 30.3 Å². The number of sulfonamides is 1. The van der Waals surface area contributed by atoms with Crippen LogP contribution in [0.3, 0.4) is 0 Å². The number of anilines is 2. The van der Waals surface area contributed by atoms with E-state index in [9.17, 15) is 13.2 Å². The fraction of sp³-hybridized carbons (Fsp3) is 0.174. The number of hydrogen-bond donors (Lipinski definition) is 1. The minimum Gasteiger partial charge on any atom is -0.322 e. The number of nitrogens with zero attached hydrogens (tertiary/aromatic N) is 1. The van der Waals surface area contributed by atoms with Crippen molar-refractivity contribution >= 4 is 27.3 Å². The van der Waals surface area contributed by atoms with Gasteiger partial charge in [-0.25, -0.2) is 8.42 Å². The van der Waals surface area contributed by atoms with Gasteiger partial charge >= 0.3 is 0 Å². The molecule has 0 saturated heterocycles. The van der Waals surface area contributed by atoms with Crippen LogP contribution in [-0.4, -0.2) is 21.4 Å². The predicted molar refractivity (Wildman–Crippen MR) is 117 cm³/mol. The maximum atomic E-state index is 13.0.